The number of carbonyl (C=O) groups is 3. The number of amides is 1. The minimum atomic E-state index is -0.674. The number of anilines is 1. The van der Waals surface area contributed by atoms with Crippen molar-refractivity contribution in [2.24, 2.45) is 5.92 Å². The van der Waals surface area contributed by atoms with Gasteiger partial charge in [-0.15, -0.1) is 0 Å². The number of carbonyl (C=O) groups excluding carboxylic acids is 3. The number of nitrogens with one attached hydrogen (secondary N) is 2. The number of ether oxygens (including phenoxy) is 1. The maximum atomic E-state index is 13.5. The summed E-state index contributed by atoms with van der Waals surface area (Å²) in [5, 5.41) is 4.77. The van der Waals surface area contributed by atoms with Crippen LogP contribution in [-0.4, -0.2) is 62.2 Å². The number of nitrogens with zero attached hydrogens (tertiary/aromatic N) is 3. The number of para-hydroxylation sites is 1. The molecule has 5 rings (SSSR count). The van der Waals surface area contributed by atoms with Gasteiger partial charge in [-0.1, -0.05) is 60.6 Å². The fourth-order valence-corrected chi connectivity index (χ4v) is 5.75. The molecule has 0 radical (unpaired) electrons. The lowest BCUT2D eigenvalue weighted by Crippen LogP contribution is -2.52. The molecule has 1 amide bonds. The van der Waals surface area contributed by atoms with E-state index < -0.39 is 17.6 Å². The van der Waals surface area contributed by atoms with Crippen LogP contribution in [0.5, 0.6) is 0 Å². The number of aryl methyl sites for hydroxylation is 1. The minimum absolute atomic E-state index is 0.0360. The first-order valence-corrected chi connectivity index (χ1v) is 15.5. The first kappa shape index (κ1) is 31.9. The highest BCUT2D eigenvalue weighted by Crippen LogP contribution is 2.33. The van der Waals surface area contributed by atoms with Gasteiger partial charge >= 0.3 is 6.09 Å². The quantitative estimate of drug-likeness (QED) is 0.185. The van der Waals surface area contributed by atoms with E-state index >= 15 is 0 Å². The molecule has 4 aromatic rings. The van der Waals surface area contributed by atoms with Crippen molar-refractivity contribution in [3.05, 3.63) is 89.7 Å². The Hall–Kier alpha value is -4.50. The number of benzene rings is 2. The smallest absolute Gasteiger partial charge is 0.410 e. The lowest BCUT2D eigenvalue weighted by Gasteiger charge is -2.38. The summed E-state index contributed by atoms with van der Waals surface area (Å²) in [6.45, 7) is 9.58. The van der Waals surface area contributed by atoms with Crippen LogP contribution < -0.4 is 5.32 Å². The Morgan fingerprint density at radius 3 is 2.58 bits per heavy atom. The Balaban J connectivity index is 1.31. The molecular formula is C35H38ClN5O4. The number of piperidine rings is 1. The van der Waals surface area contributed by atoms with Crippen molar-refractivity contribution < 1.29 is 19.1 Å². The molecule has 10 heteroatoms. The van der Waals surface area contributed by atoms with Crippen molar-refractivity contribution >= 4 is 46.1 Å². The number of allylic oxidation sites excluding steroid dienone is 1. The maximum absolute atomic E-state index is 13.5. The fraction of sp³-hybridized carbons (Fsp3) is 0.343. The summed E-state index contributed by atoms with van der Waals surface area (Å²) in [5.74, 6) is -0.00539. The van der Waals surface area contributed by atoms with Gasteiger partial charge in [0.05, 0.1) is 16.9 Å². The summed E-state index contributed by atoms with van der Waals surface area (Å²) in [5.41, 5.74) is 3.64. The molecule has 234 valence electrons. The highest BCUT2D eigenvalue weighted by molar-refractivity contribution is 6.33. The van der Waals surface area contributed by atoms with Gasteiger partial charge in [0.1, 0.15) is 11.4 Å². The van der Waals surface area contributed by atoms with E-state index in [-0.39, 0.29) is 24.2 Å². The van der Waals surface area contributed by atoms with Crippen LogP contribution in [0.2, 0.25) is 5.02 Å². The average molecular weight is 628 g/mol. The third kappa shape index (κ3) is 8.16. The van der Waals surface area contributed by atoms with Gasteiger partial charge in [-0.25, -0.2) is 14.8 Å². The van der Waals surface area contributed by atoms with Crippen LogP contribution in [0.25, 0.3) is 22.2 Å². The van der Waals surface area contributed by atoms with Gasteiger partial charge < -0.3 is 19.9 Å². The van der Waals surface area contributed by atoms with E-state index in [9.17, 15) is 14.4 Å². The van der Waals surface area contributed by atoms with E-state index in [1.165, 1.54) is 6.08 Å². The summed E-state index contributed by atoms with van der Waals surface area (Å²) < 4.78 is 5.67. The highest BCUT2D eigenvalue weighted by atomic mass is 35.5. The van der Waals surface area contributed by atoms with E-state index in [4.69, 9.17) is 21.3 Å². The van der Waals surface area contributed by atoms with Crippen LogP contribution in [0.1, 0.15) is 44.7 Å². The predicted octanol–water partition coefficient (Wildman–Crippen LogP) is 6.82. The topological polar surface area (TPSA) is 117 Å². The molecule has 9 nitrogen and oxygen atoms in total. The summed E-state index contributed by atoms with van der Waals surface area (Å²) in [7, 11) is 0. The number of H-pyrrole nitrogens is 1. The van der Waals surface area contributed by atoms with Crippen LogP contribution in [-0.2, 0) is 27.2 Å². The molecule has 3 heterocycles. The number of hydrogen-bond donors (Lipinski definition) is 2. The highest BCUT2D eigenvalue weighted by Gasteiger charge is 2.36. The summed E-state index contributed by atoms with van der Waals surface area (Å²) >= 11 is 6.54. The van der Waals surface area contributed by atoms with Crippen LogP contribution in [0, 0.1) is 5.92 Å². The summed E-state index contributed by atoms with van der Waals surface area (Å²) in [6.07, 6.45) is 5.99. The maximum Gasteiger partial charge on any atom is 0.410 e. The third-order valence-electron chi connectivity index (χ3n) is 7.77. The lowest BCUT2D eigenvalue weighted by atomic mass is 9.88. The zero-order valence-corrected chi connectivity index (χ0v) is 26.6. The number of aromatic nitrogens is 3. The number of likely N-dealkylation sites (tertiary alicyclic amines) is 1. The predicted molar refractivity (Wildman–Crippen MR) is 176 cm³/mol. The molecule has 1 aliphatic heterocycles. The van der Waals surface area contributed by atoms with Crippen LogP contribution in [0.4, 0.5) is 10.7 Å². The normalized spacial score (nSPS) is 16.8. The van der Waals surface area contributed by atoms with Crippen molar-refractivity contribution in [3.63, 3.8) is 0 Å². The van der Waals surface area contributed by atoms with E-state index in [0.29, 0.717) is 48.9 Å². The number of rotatable bonds is 10. The number of ketones is 2. The van der Waals surface area contributed by atoms with Gasteiger partial charge in [0.2, 0.25) is 5.95 Å². The van der Waals surface area contributed by atoms with Crippen LogP contribution >= 0.6 is 11.6 Å². The van der Waals surface area contributed by atoms with Crippen molar-refractivity contribution in [2.75, 3.05) is 18.4 Å². The fourth-order valence-electron chi connectivity index (χ4n) is 5.56. The standard InChI is InChI=1S/C35H38ClN5O4/c1-5-26(42)16-23-12-10-22(11-13-23)14-15-31(43)24-17-25(21-41(20-24)34(44)45-35(2,3)4)39-33-38-19-29(36)32(40-33)28-18-37-30-9-7-6-8-27(28)30/h5-13,18-19,24-25,37H,1,14-17,20-21H2,2-4H3,(H,38,39,40)/t24-,25+/m1/s1. The summed E-state index contributed by atoms with van der Waals surface area (Å²) in [6, 6.07) is 15.3. The Bertz CT molecular complexity index is 1710. The lowest BCUT2D eigenvalue weighted by molar-refractivity contribution is -0.124. The summed E-state index contributed by atoms with van der Waals surface area (Å²) in [4.78, 5) is 52.4. The SMILES string of the molecule is C=CC(=O)Cc1ccc(CCC(=O)[C@@H]2C[C@H](Nc3ncc(Cl)c(-c4c[nH]c5ccccc45)n3)CN(C(=O)OC(C)(C)C)C2)cc1. The Kier molecular flexibility index (Phi) is 9.68. The number of hydrogen-bond acceptors (Lipinski definition) is 7. The van der Waals surface area contributed by atoms with Crippen molar-refractivity contribution in [1.29, 1.82) is 0 Å². The first-order valence-electron chi connectivity index (χ1n) is 15.1. The van der Waals surface area contributed by atoms with E-state index in [0.717, 1.165) is 27.6 Å². The van der Waals surface area contributed by atoms with Gasteiger partial charge in [0, 0.05) is 60.6 Å². The second-order valence-electron chi connectivity index (χ2n) is 12.4. The van der Waals surface area contributed by atoms with Crippen LogP contribution in [0.3, 0.4) is 0 Å². The second-order valence-corrected chi connectivity index (χ2v) is 12.8. The molecule has 1 fully saturated rings. The van der Waals surface area contributed by atoms with Crippen molar-refractivity contribution in [3.8, 4) is 11.3 Å². The molecule has 1 aliphatic rings. The minimum Gasteiger partial charge on any atom is -0.444 e. The Morgan fingerprint density at radius 1 is 1.11 bits per heavy atom. The van der Waals surface area contributed by atoms with E-state index in [1.807, 2.05) is 75.5 Å². The number of aromatic amines is 1. The molecule has 2 aromatic heterocycles. The Labute approximate surface area is 268 Å². The van der Waals surface area contributed by atoms with Gasteiger partial charge in [-0.3, -0.25) is 9.59 Å². The van der Waals surface area contributed by atoms with E-state index in [1.54, 1.807) is 11.1 Å². The average Bonchev–Trinajstić information content (AvgIpc) is 3.44. The number of fused-ring (bicyclic) bond motifs is 1. The zero-order chi connectivity index (χ0) is 32.1. The first-order chi connectivity index (χ1) is 21.5. The molecule has 1 saturated heterocycles. The largest absolute Gasteiger partial charge is 0.444 e. The van der Waals surface area contributed by atoms with Gasteiger partial charge in [0.15, 0.2) is 5.78 Å². The molecule has 0 aliphatic carbocycles. The van der Waals surface area contributed by atoms with Gasteiger partial charge in [-0.05, 0) is 56.9 Å². The molecule has 0 unspecified atom stereocenters. The van der Waals surface area contributed by atoms with Crippen molar-refractivity contribution in [1.82, 2.24) is 19.9 Å². The Morgan fingerprint density at radius 2 is 1.84 bits per heavy atom. The monoisotopic (exact) mass is 627 g/mol. The van der Waals surface area contributed by atoms with Crippen LogP contribution in [0.15, 0.2) is 73.6 Å². The molecule has 0 bridgehead atoms. The van der Waals surface area contributed by atoms with E-state index in [2.05, 4.69) is 21.9 Å². The molecule has 2 aromatic carbocycles. The number of halogens is 1. The number of Topliss-reactive ketones (excluding diaryl/α,β-unsaturated/α-hetero) is 1. The van der Waals surface area contributed by atoms with Crippen molar-refractivity contribution in [2.45, 2.75) is 58.1 Å². The second kappa shape index (κ2) is 13.6. The molecule has 2 N–H and O–H groups in total. The molecule has 0 saturated carbocycles. The third-order valence-corrected chi connectivity index (χ3v) is 8.04. The molecule has 2 atom stereocenters. The van der Waals surface area contributed by atoms with Gasteiger partial charge in [-0.2, -0.15) is 0 Å². The van der Waals surface area contributed by atoms with Gasteiger partial charge in [0.25, 0.3) is 0 Å². The zero-order valence-electron chi connectivity index (χ0n) is 25.8. The molecule has 45 heavy (non-hydrogen) atoms. The molecular weight excluding hydrogens is 590 g/mol. The molecule has 0 spiro atoms.